The smallest absolute Gasteiger partial charge is 0.410 e. The molecule has 2 aliphatic rings. The molecule has 10 heteroatoms. The third-order valence-electron chi connectivity index (χ3n) is 7.01. The molecule has 7 nitrogen and oxygen atoms in total. The van der Waals surface area contributed by atoms with Crippen LogP contribution < -0.4 is 4.90 Å². The zero-order valence-corrected chi connectivity index (χ0v) is 21.0. The summed E-state index contributed by atoms with van der Waals surface area (Å²) in [5.41, 5.74) is 2.36. The van der Waals surface area contributed by atoms with Crippen molar-refractivity contribution in [2.75, 3.05) is 24.5 Å². The van der Waals surface area contributed by atoms with Crippen molar-refractivity contribution in [1.82, 2.24) is 4.90 Å². The van der Waals surface area contributed by atoms with Gasteiger partial charge in [0.25, 0.3) is 11.6 Å². The molecule has 2 heterocycles. The topological polar surface area (TPSA) is 75.9 Å². The fourth-order valence-electron chi connectivity index (χ4n) is 5.10. The highest BCUT2D eigenvalue weighted by atomic mass is 19.3. The number of hydrogen-bond donors (Lipinski definition) is 0. The summed E-state index contributed by atoms with van der Waals surface area (Å²) < 4.78 is 50.6. The molecule has 0 radical (unpaired) electrons. The van der Waals surface area contributed by atoms with Gasteiger partial charge in [0.2, 0.25) is 0 Å². The van der Waals surface area contributed by atoms with Gasteiger partial charge in [-0.25, -0.2) is 9.18 Å². The Bertz CT molecular complexity index is 1420. The van der Waals surface area contributed by atoms with Crippen molar-refractivity contribution < 1.29 is 27.6 Å². The van der Waals surface area contributed by atoms with Crippen molar-refractivity contribution in [2.45, 2.75) is 31.9 Å². The summed E-state index contributed by atoms with van der Waals surface area (Å²) in [6, 6.07) is 17.5. The number of carbonyl (C=O) groups excluding carboxylic acids is 1. The highest BCUT2D eigenvalue weighted by Gasteiger charge is 2.43. The van der Waals surface area contributed by atoms with Crippen LogP contribution >= 0.6 is 0 Å². The van der Waals surface area contributed by atoms with Crippen molar-refractivity contribution in [3.05, 3.63) is 110 Å². The fourth-order valence-corrected chi connectivity index (χ4v) is 5.10. The van der Waals surface area contributed by atoms with Gasteiger partial charge >= 0.3 is 6.09 Å². The molecule has 0 bridgehead atoms. The minimum absolute atomic E-state index is 0.00152. The van der Waals surface area contributed by atoms with Gasteiger partial charge in [-0.1, -0.05) is 60.2 Å². The molecule has 1 fully saturated rings. The third-order valence-corrected chi connectivity index (χ3v) is 7.01. The number of non-ortho nitro benzene ring substituents is 1. The maximum absolute atomic E-state index is 15.4. The molecule has 1 saturated heterocycles. The van der Waals surface area contributed by atoms with E-state index in [1.54, 1.807) is 41.3 Å². The van der Waals surface area contributed by atoms with Gasteiger partial charge in [-0.05, 0) is 35.6 Å². The first-order valence-corrected chi connectivity index (χ1v) is 12.6. The van der Waals surface area contributed by atoms with Gasteiger partial charge in [-0.3, -0.25) is 15.0 Å². The number of benzene rings is 3. The Hall–Kier alpha value is -4.34. The molecular weight excluding hydrogens is 511 g/mol. The summed E-state index contributed by atoms with van der Waals surface area (Å²) >= 11 is 0. The fraction of sp³-hybridized carbons (Fsp3) is 0.276. The zero-order valence-electron chi connectivity index (χ0n) is 21.0. The van der Waals surface area contributed by atoms with Crippen LogP contribution in [0.15, 0.2) is 72.3 Å². The number of amides is 1. The Kier molecular flexibility index (Phi) is 7.28. The van der Waals surface area contributed by atoms with Crippen molar-refractivity contribution in [3.8, 4) is 0 Å². The Labute approximate surface area is 223 Å². The van der Waals surface area contributed by atoms with E-state index in [9.17, 15) is 19.3 Å². The molecule has 3 aromatic carbocycles. The predicted octanol–water partition coefficient (Wildman–Crippen LogP) is 6.66. The largest absolute Gasteiger partial charge is 0.445 e. The minimum atomic E-state index is -3.27. The van der Waals surface area contributed by atoms with Crippen LogP contribution in [0, 0.1) is 15.9 Å². The van der Waals surface area contributed by atoms with E-state index in [0.717, 1.165) is 22.1 Å². The molecule has 2 aliphatic heterocycles. The SMILES string of the molecule is O=C(OCc1ccccc1)N1Cc2cccc(C=C3CCN(c4ccc([N+](=O)[O-])cc4F)CC3)c2C(F)(F)C1. The second-order valence-corrected chi connectivity index (χ2v) is 9.66. The lowest BCUT2D eigenvalue weighted by atomic mass is 9.89. The summed E-state index contributed by atoms with van der Waals surface area (Å²) in [5.74, 6) is -3.93. The third kappa shape index (κ3) is 5.74. The number of hydrogen-bond acceptors (Lipinski definition) is 5. The van der Waals surface area contributed by atoms with E-state index in [4.69, 9.17) is 4.74 Å². The van der Waals surface area contributed by atoms with Crippen LogP contribution in [0.1, 0.15) is 35.1 Å². The molecule has 0 aliphatic carbocycles. The highest BCUT2D eigenvalue weighted by molar-refractivity contribution is 5.70. The van der Waals surface area contributed by atoms with Gasteiger partial charge in [0.15, 0.2) is 5.82 Å². The summed E-state index contributed by atoms with van der Waals surface area (Å²) in [6.45, 7) is 0.144. The van der Waals surface area contributed by atoms with Crippen LogP contribution in [-0.4, -0.2) is 35.6 Å². The Morgan fingerprint density at radius 1 is 1.05 bits per heavy atom. The quantitative estimate of drug-likeness (QED) is 0.269. The Morgan fingerprint density at radius 3 is 2.49 bits per heavy atom. The molecule has 39 heavy (non-hydrogen) atoms. The van der Waals surface area contributed by atoms with Crippen molar-refractivity contribution in [2.24, 2.45) is 0 Å². The normalized spacial score (nSPS) is 16.4. The number of carbonyl (C=O) groups is 1. The molecule has 0 N–H and O–H groups in total. The van der Waals surface area contributed by atoms with Crippen LogP contribution in [0.5, 0.6) is 0 Å². The molecule has 0 spiro atoms. The van der Waals surface area contributed by atoms with E-state index in [2.05, 4.69) is 0 Å². The number of alkyl halides is 2. The first kappa shape index (κ1) is 26.3. The lowest BCUT2D eigenvalue weighted by Gasteiger charge is -2.35. The van der Waals surface area contributed by atoms with E-state index >= 15 is 8.78 Å². The van der Waals surface area contributed by atoms with Crippen LogP contribution in [0.4, 0.5) is 29.3 Å². The number of rotatable bonds is 5. The van der Waals surface area contributed by atoms with Gasteiger partial charge < -0.3 is 9.64 Å². The van der Waals surface area contributed by atoms with Gasteiger partial charge in [0.1, 0.15) is 6.61 Å². The van der Waals surface area contributed by atoms with Crippen LogP contribution in [-0.2, 0) is 23.8 Å². The van der Waals surface area contributed by atoms with Crippen LogP contribution in [0.25, 0.3) is 6.08 Å². The summed E-state index contributed by atoms with van der Waals surface area (Å²) in [7, 11) is 0. The maximum atomic E-state index is 15.4. The van der Waals surface area contributed by atoms with Crippen molar-refractivity contribution in [1.29, 1.82) is 0 Å². The average molecular weight is 538 g/mol. The molecule has 1 amide bonds. The molecule has 3 aromatic rings. The standard InChI is InChI=1S/C29H26F3N3O4/c30-25-16-24(35(37)38)9-10-26(25)33-13-11-20(12-14-33)15-22-7-4-8-23-17-34(19-29(31,32)27(22)23)28(36)39-18-21-5-2-1-3-6-21/h1-10,15-16H,11-14,17-19H2. The monoisotopic (exact) mass is 537 g/mol. The Balaban J connectivity index is 1.28. The number of anilines is 1. The Morgan fingerprint density at radius 2 is 1.79 bits per heavy atom. The van der Waals surface area contributed by atoms with Crippen molar-refractivity contribution in [3.63, 3.8) is 0 Å². The second-order valence-electron chi connectivity index (χ2n) is 9.66. The first-order valence-electron chi connectivity index (χ1n) is 12.6. The lowest BCUT2D eigenvalue weighted by molar-refractivity contribution is -0.385. The number of ether oxygens (including phenoxy) is 1. The molecular formula is C29H26F3N3O4. The second kappa shape index (κ2) is 10.8. The summed E-state index contributed by atoms with van der Waals surface area (Å²) in [6.07, 6.45) is 2.03. The molecule has 0 atom stereocenters. The highest BCUT2D eigenvalue weighted by Crippen LogP contribution is 2.40. The van der Waals surface area contributed by atoms with E-state index < -0.39 is 29.3 Å². The average Bonchev–Trinajstić information content (AvgIpc) is 2.92. The predicted molar refractivity (Wildman–Crippen MR) is 140 cm³/mol. The summed E-state index contributed by atoms with van der Waals surface area (Å²) in [4.78, 5) is 25.6. The van der Waals surface area contributed by atoms with Gasteiger partial charge in [-0.2, -0.15) is 8.78 Å². The van der Waals surface area contributed by atoms with Gasteiger partial charge in [-0.15, -0.1) is 0 Å². The number of fused-ring (bicyclic) bond motifs is 1. The van der Waals surface area contributed by atoms with Crippen LogP contribution in [0.3, 0.4) is 0 Å². The maximum Gasteiger partial charge on any atom is 0.410 e. The number of nitro benzene ring substituents is 1. The number of nitro groups is 1. The number of nitrogens with zero attached hydrogens (tertiary/aromatic N) is 3. The number of halogens is 3. The minimum Gasteiger partial charge on any atom is -0.445 e. The molecule has 0 aromatic heterocycles. The van der Waals surface area contributed by atoms with E-state index in [-0.39, 0.29) is 30.1 Å². The van der Waals surface area contributed by atoms with E-state index in [0.29, 0.717) is 37.1 Å². The molecule has 0 saturated carbocycles. The number of piperidine rings is 1. The lowest BCUT2D eigenvalue weighted by Crippen LogP contribution is -2.44. The van der Waals surface area contributed by atoms with Crippen molar-refractivity contribution >= 4 is 23.5 Å². The van der Waals surface area contributed by atoms with Crippen LogP contribution in [0.2, 0.25) is 0 Å². The summed E-state index contributed by atoms with van der Waals surface area (Å²) in [5, 5.41) is 10.9. The molecule has 202 valence electrons. The van der Waals surface area contributed by atoms with E-state index in [1.807, 2.05) is 18.2 Å². The molecule has 5 rings (SSSR count). The van der Waals surface area contributed by atoms with Gasteiger partial charge in [0.05, 0.1) is 23.2 Å². The first-order chi connectivity index (χ1) is 18.7. The molecule has 0 unspecified atom stereocenters. The zero-order chi connectivity index (χ0) is 27.6. The van der Waals surface area contributed by atoms with E-state index in [1.165, 1.54) is 12.1 Å². The van der Waals surface area contributed by atoms with Gasteiger partial charge in [0, 0.05) is 31.3 Å².